The highest BCUT2D eigenvalue weighted by atomic mass is 127. The molecule has 0 bridgehead atoms. The molecule has 0 spiro atoms. The molecule has 186 valence electrons. The molecule has 4 aliphatic rings. The predicted octanol–water partition coefficient (Wildman–Crippen LogP) is 10.2. The minimum atomic E-state index is -0.133. The van der Waals surface area contributed by atoms with Crippen LogP contribution in [0, 0.1) is 5.92 Å². The van der Waals surface area contributed by atoms with Crippen LogP contribution in [0.2, 0.25) is 0 Å². The van der Waals surface area contributed by atoms with Crippen molar-refractivity contribution in [3.8, 4) is 11.1 Å². The lowest BCUT2D eigenvalue weighted by atomic mass is 9.63. The van der Waals surface area contributed by atoms with Gasteiger partial charge in [0.1, 0.15) is 0 Å². The Hall–Kier alpha value is -3.69. The van der Waals surface area contributed by atoms with E-state index in [-0.39, 0.29) is 3.42 Å². The molecule has 0 aliphatic heterocycles. The molecule has 1 heteroatoms. The topological polar surface area (TPSA) is 0 Å². The van der Waals surface area contributed by atoms with Gasteiger partial charge < -0.3 is 0 Å². The third-order valence-corrected chi connectivity index (χ3v) is 10.5. The standard InChI is InChI=1S/C38H27I/c39-38(23-9-15-27-14-7-8-16-34(27)38)35-24-33(26-12-5-2-6-13-26)31-20-18-28-17-19-29(25-10-3-1-4-11-25)30-21-22-32(35)37(31)36(28)30/h1-22,24,30,36H,23H2. The van der Waals surface area contributed by atoms with Crippen molar-refractivity contribution in [1.82, 2.24) is 0 Å². The Morgan fingerprint density at radius 3 is 2.23 bits per heavy atom. The van der Waals surface area contributed by atoms with Crippen LogP contribution in [0.5, 0.6) is 0 Å². The van der Waals surface area contributed by atoms with E-state index in [2.05, 4.69) is 162 Å². The Morgan fingerprint density at radius 1 is 0.667 bits per heavy atom. The lowest BCUT2D eigenvalue weighted by Gasteiger charge is -2.42. The number of hydrogen-bond acceptors (Lipinski definition) is 0. The summed E-state index contributed by atoms with van der Waals surface area (Å²) in [7, 11) is 0. The predicted molar refractivity (Wildman–Crippen MR) is 174 cm³/mol. The summed E-state index contributed by atoms with van der Waals surface area (Å²) in [5.41, 5.74) is 15.2. The summed E-state index contributed by atoms with van der Waals surface area (Å²) in [6.07, 6.45) is 20.0. The number of rotatable bonds is 3. The molecule has 8 rings (SSSR count). The van der Waals surface area contributed by atoms with E-state index in [4.69, 9.17) is 0 Å². The number of allylic oxidation sites excluding steroid dienone is 7. The molecule has 0 aromatic heterocycles. The summed E-state index contributed by atoms with van der Waals surface area (Å²) >= 11 is 2.76. The normalized spacial score (nSPS) is 23.5. The van der Waals surface area contributed by atoms with Gasteiger partial charge in [0, 0.05) is 11.8 Å². The van der Waals surface area contributed by atoms with Gasteiger partial charge in [-0.1, -0.05) is 156 Å². The molecule has 4 aliphatic carbocycles. The maximum Gasteiger partial charge on any atom is 0.0765 e. The zero-order chi connectivity index (χ0) is 26.0. The van der Waals surface area contributed by atoms with Gasteiger partial charge in [0.05, 0.1) is 3.42 Å². The molecule has 0 heterocycles. The van der Waals surface area contributed by atoms with Crippen molar-refractivity contribution in [3.05, 3.63) is 166 Å². The minimum absolute atomic E-state index is 0.133. The zero-order valence-electron chi connectivity index (χ0n) is 21.5. The molecule has 0 nitrogen and oxygen atoms in total. The van der Waals surface area contributed by atoms with Crippen LogP contribution in [0.1, 0.15) is 51.3 Å². The van der Waals surface area contributed by atoms with E-state index in [0.717, 1.165) is 6.42 Å². The van der Waals surface area contributed by atoms with Crippen molar-refractivity contribution < 1.29 is 0 Å². The molecular formula is C38H27I. The Bertz CT molecular complexity index is 1780. The van der Waals surface area contributed by atoms with Crippen molar-refractivity contribution in [3.63, 3.8) is 0 Å². The van der Waals surface area contributed by atoms with Crippen LogP contribution < -0.4 is 0 Å². The summed E-state index contributed by atoms with van der Waals surface area (Å²) < 4.78 is -0.133. The summed E-state index contributed by atoms with van der Waals surface area (Å²) in [5.74, 6) is 0.646. The van der Waals surface area contributed by atoms with Crippen LogP contribution in [0.15, 0.2) is 127 Å². The Morgan fingerprint density at radius 2 is 1.41 bits per heavy atom. The van der Waals surface area contributed by atoms with Gasteiger partial charge >= 0.3 is 0 Å². The number of hydrogen-bond donors (Lipinski definition) is 0. The third-order valence-electron chi connectivity index (χ3n) is 8.91. The fourth-order valence-electron chi connectivity index (χ4n) is 7.14. The monoisotopic (exact) mass is 610 g/mol. The quantitative estimate of drug-likeness (QED) is 0.160. The van der Waals surface area contributed by atoms with Gasteiger partial charge in [-0.2, -0.15) is 0 Å². The zero-order valence-corrected chi connectivity index (χ0v) is 23.7. The van der Waals surface area contributed by atoms with Gasteiger partial charge in [0.2, 0.25) is 0 Å². The second-order valence-corrected chi connectivity index (χ2v) is 12.8. The van der Waals surface area contributed by atoms with E-state index in [1.165, 1.54) is 61.2 Å². The maximum atomic E-state index is 2.76. The molecule has 0 amide bonds. The van der Waals surface area contributed by atoms with Crippen molar-refractivity contribution in [1.29, 1.82) is 0 Å². The van der Waals surface area contributed by atoms with Crippen molar-refractivity contribution in [2.75, 3.05) is 0 Å². The Labute approximate surface area is 244 Å². The molecule has 4 aromatic carbocycles. The van der Waals surface area contributed by atoms with E-state index in [1.807, 2.05) is 0 Å². The summed E-state index contributed by atoms with van der Waals surface area (Å²) in [6.45, 7) is 0. The molecule has 0 radical (unpaired) electrons. The lowest BCUT2D eigenvalue weighted by Crippen LogP contribution is -2.29. The maximum absolute atomic E-state index is 2.76. The summed E-state index contributed by atoms with van der Waals surface area (Å²) in [6, 6.07) is 33.3. The van der Waals surface area contributed by atoms with E-state index < -0.39 is 0 Å². The Kier molecular flexibility index (Phi) is 5.31. The highest BCUT2D eigenvalue weighted by Crippen LogP contribution is 2.57. The molecular weight excluding hydrogens is 583 g/mol. The lowest BCUT2D eigenvalue weighted by molar-refractivity contribution is 0.674. The van der Waals surface area contributed by atoms with Crippen LogP contribution in [-0.4, -0.2) is 0 Å². The van der Waals surface area contributed by atoms with Crippen LogP contribution in [0.4, 0.5) is 0 Å². The van der Waals surface area contributed by atoms with Gasteiger partial charge in [-0.15, -0.1) is 0 Å². The highest BCUT2D eigenvalue weighted by Gasteiger charge is 2.42. The van der Waals surface area contributed by atoms with E-state index in [9.17, 15) is 0 Å². The highest BCUT2D eigenvalue weighted by molar-refractivity contribution is 14.1. The van der Waals surface area contributed by atoms with Gasteiger partial charge in [-0.25, -0.2) is 0 Å². The summed E-state index contributed by atoms with van der Waals surface area (Å²) in [5, 5.41) is 0. The van der Waals surface area contributed by atoms with Gasteiger partial charge in [0.15, 0.2) is 0 Å². The molecule has 3 unspecified atom stereocenters. The third kappa shape index (κ3) is 3.49. The summed E-state index contributed by atoms with van der Waals surface area (Å²) in [4.78, 5) is 0. The number of benzene rings is 4. The first kappa shape index (κ1) is 23.2. The number of halogens is 1. The first-order valence-corrected chi connectivity index (χ1v) is 14.9. The minimum Gasteiger partial charge on any atom is -0.0819 e. The van der Waals surface area contributed by atoms with Gasteiger partial charge in [0.25, 0.3) is 0 Å². The largest absolute Gasteiger partial charge is 0.0819 e. The fourth-order valence-corrected chi connectivity index (χ4v) is 8.33. The molecule has 39 heavy (non-hydrogen) atoms. The Balaban J connectivity index is 1.42. The molecule has 4 aromatic rings. The fraction of sp³-hybridized carbons (Fsp3) is 0.105. The first-order valence-electron chi connectivity index (χ1n) is 13.8. The van der Waals surface area contributed by atoms with Gasteiger partial charge in [-0.3, -0.25) is 0 Å². The van der Waals surface area contributed by atoms with Crippen LogP contribution in [0.3, 0.4) is 0 Å². The van der Waals surface area contributed by atoms with E-state index >= 15 is 0 Å². The van der Waals surface area contributed by atoms with Crippen molar-refractivity contribution >= 4 is 46.4 Å². The van der Waals surface area contributed by atoms with E-state index in [1.54, 1.807) is 0 Å². The first-order chi connectivity index (χ1) is 19.2. The average molecular weight is 611 g/mol. The molecule has 0 N–H and O–H groups in total. The SMILES string of the molecule is IC1(c2cc(-c3ccccc3)c3c4c2C=CC2C(c5ccccc5)=CC=C(C=C3)C42)CC=Cc2ccccc21. The average Bonchev–Trinajstić information content (AvgIpc) is 3.00. The second-order valence-electron chi connectivity index (χ2n) is 10.9. The van der Waals surface area contributed by atoms with E-state index in [0.29, 0.717) is 11.8 Å². The molecule has 3 atom stereocenters. The number of fused-ring (bicyclic) bond motifs is 1. The van der Waals surface area contributed by atoms with Gasteiger partial charge in [-0.05, 0) is 73.7 Å². The van der Waals surface area contributed by atoms with Crippen LogP contribution >= 0.6 is 22.6 Å². The molecule has 0 saturated carbocycles. The molecule has 0 fully saturated rings. The van der Waals surface area contributed by atoms with Crippen molar-refractivity contribution in [2.45, 2.75) is 15.8 Å². The molecule has 0 saturated heterocycles. The van der Waals surface area contributed by atoms with Crippen molar-refractivity contribution in [2.24, 2.45) is 5.92 Å². The number of alkyl halides is 1. The smallest absolute Gasteiger partial charge is 0.0765 e. The van der Waals surface area contributed by atoms with Crippen LogP contribution in [-0.2, 0) is 3.42 Å². The van der Waals surface area contributed by atoms with Crippen LogP contribution in [0.25, 0.3) is 34.9 Å². The second kappa shape index (κ2) is 8.93.